The van der Waals surface area contributed by atoms with Gasteiger partial charge in [0.05, 0.1) is 6.10 Å². The fourth-order valence-corrected chi connectivity index (χ4v) is 2.44. The van der Waals surface area contributed by atoms with Crippen molar-refractivity contribution in [1.29, 1.82) is 0 Å². The fourth-order valence-electron chi connectivity index (χ4n) is 2.44. The Hall–Kier alpha value is -1.32. The molecule has 0 fully saturated rings. The number of benzene rings is 1. The van der Waals surface area contributed by atoms with E-state index in [0.29, 0.717) is 13.0 Å². The quantitative estimate of drug-likeness (QED) is 0.678. The first-order valence-corrected chi connectivity index (χ1v) is 5.27. The number of aromatic nitrogens is 1. The molecule has 3 heteroatoms. The van der Waals surface area contributed by atoms with Gasteiger partial charge in [0.25, 0.3) is 0 Å². The molecule has 1 aliphatic heterocycles. The van der Waals surface area contributed by atoms with Gasteiger partial charge in [-0.05, 0) is 23.9 Å². The molecule has 0 bridgehead atoms. The molecule has 0 aliphatic carbocycles. The Morgan fingerprint density at radius 3 is 3.00 bits per heavy atom. The zero-order valence-electron chi connectivity index (χ0n) is 8.43. The van der Waals surface area contributed by atoms with Crippen LogP contribution in [0.2, 0.25) is 0 Å². The van der Waals surface area contributed by atoms with Crippen molar-refractivity contribution in [1.82, 2.24) is 4.57 Å². The molecule has 1 aromatic carbocycles. The molecule has 0 amide bonds. The maximum atomic E-state index is 9.70. The Morgan fingerprint density at radius 1 is 1.33 bits per heavy atom. The van der Waals surface area contributed by atoms with Gasteiger partial charge in [0.2, 0.25) is 0 Å². The van der Waals surface area contributed by atoms with Crippen LogP contribution >= 0.6 is 0 Å². The van der Waals surface area contributed by atoms with E-state index in [2.05, 4.69) is 22.8 Å². The standard InChI is InChI=1S/C12H14N2O/c13-10-6-9(15)7-14-11-4-2-1-3-8(11)5-12(10)14/h1-5,9-10,15H,6-7,13H2/t9-,10+/m0/s1. The van der Waals surface area contributed by atoms with Crippen molar-refractivity contribution in [3.8, 4) is 0 Å². The molecule has 0 radical (unpaired) electrons. The predicted octanol–water partition coefficient (Wildman–Crippen LogP) is 1.41. The van der Waals surface area contributed by atoms with Crippen molar-refractivity contribution in [3.63, 3.8) is 0 Å². The second kappa shape index (κ2) is 3.08. The first-order chi connectivity index (χ1) is 7.25. The number of nitrogens with zero attached hydrogens (tertiary/aromatic N) is 1. The normalized spacial score (nSPS) is 25.5. The minimum absolute atomic E-state index is 0.0406. The number of hydrogen-bond acceptors (Lipinski definition) is 2. The molecule has 3 N–H and O–H groups in total. The van der Waals surface area contributed by atoms with Crippen molar-refractivity contribution in [2.75, 3.05) is 0 Å². The lowest BCUT2D eigenvalue weighted by atomic mass is 10.0. The summed E-state index contributed by atoms with van der Waals surface area (Å²) in [6.45, 7) is 0.663. The van der Waals surface area contributed by atoms with Crippen LogP contribution in [0.1, 0.15) is 18.2 Å². The third kappa shape index (κ3) is 1.28. The molecule has 0 unspecified atom stereocenters. The molecule has 2 aromatic rings. The summed E-state index contributed by atoms with van der Waals surface area (Å²) in [7, 11) is 0. The average molecular weight is 202 g/mol. The van der Waals surface area contributed by atoms with Crippen LogP contribution in [0.15, 0.2) is 30.3 Å². The van der Waals surface area contributed by atoms with Crippen molar-refractivity contribution in [2.45, 2.75) is 25.1 Å². The Balaban J connectivity index is 2.27. The van der Waals surface area contributed by atoms with Crippen LogP contribution in [0.3, 0.4) is 0 Å². The number of aliphatic hydroxyl groups is 1. The molecule has 1 aliphatic rings. The van der Waals surface area contributed by atoms with E-state index < -0.39 is 0 Å². The highest BCUT2D eigenvalue weighted by Gasteiger charge is 2.24. The molecule has 3 nitrogen and oxygen atoms in total. The molecular weight excluding hydrogens is 188 g/mol. The van der Waals surface area contributed by atoms with Gasteiger partial charge in [-0.15, -0.1) is 0 Å². The van der Waals surface area contributed by atoms with Crippen LogP contribution < -0.4 is 5.73 Å². The van der Waals surface area contributed by atoms with Gasteiger partial charge in [0.15, 0.2) is 0 Å². The topological polar surface area (TPSA) is 51.2 Å². The van der Waals surface area contributed by atoms with Crippen LogP contribution in [0, 0.1) is 0 Å². The summed E-state index contributed by atoms with van der Waals surface area (Å²) < 4.78 is 2.13. The van der Waals surface area contributed by atoms with E-state index in [1.807, 2.05) is 12.1 Å². The molecule has 0 saturated heterocycles. The van der Waals surface area contributed by atoms with Gasteiger partial charge in [-0.3, -0.25) is 0 Å². The van der Waals surface area contributed by atoms with Gasteiger partial charge in [-0.2, -0.15) is 0 Å². The summed E-state index contributed by atoms with van der Waals surface area (Å²) >= 11 is 0. The molecular formula is C12H14N2O. The van der Waals surface area contributed by atoms with E-state index in [9.17, 15) is 5.11 Å². The number of fused-ring (bicyclic) bond motifs is 3. The van der Waals surface area contributed by atoms with E-state index in [4.69, 9.17) is 5.73 Å². The Kier molecular flexibility index (Phi) is 1.84. The van der Waals surface area contributed by atoms with Gasteiger partial charge in [0, 0.05) is 23.8 Å². The second-order valence-electron chi connectivity index (χ2n) is 4.23. The Morgan fingerprint density at radius 2 is 2.13 bits per heavy atom. The van der Waals surface area contributed by atoms with Crippen molar-refractivity contribution < 1.29 is 5.11 Å². The first kappa shape index (κ1) is 8.95. The monoisotopic (exact) mass is 202 g/mol. The highest BCUT2D eigenvalue weighted by atomic mass is 16.3. The molecule has 2 heterocycles. The smallest absolute Gasteiger partial charge is 0.0737 e. The van der Waals surface area contributed by atoms with Gasteiger partial charge < -0.3 is 15.4 Å². The lowest BCUT2D eigenvalue weighted by Crippen LogP contribution is -2.31. The van der Waals surface area contributed by atoms with E-state index in [-0.39, 0.29) is 12.1 Å². The van der Waals surface area contributed by atoms with Crippen LogP contribution in [0.5, 0.6) is 0 Å². The molecule has 0 saturated carbocycles. The third-order valence-corrected chi connectivity index (χ3v) is 3.14. The number of hydrogen-bond donors (Lipinski definition) is 2. The molecule has 1 aromatic heterocycles. The molecule has 2 atom stereocenters. The van der Waals surface area contributed by atoms with E-state index in [0.717, 1.165) is 5.69 Å². The van der Waals surface area contributed by atoms with Crippen molar-refractivity contribution >= 4 is 10.9 Å². The lowest BCUT2D eigenvalue weighted by molar-refractivity contribution is 0.121. The predicted molar refractivity (Wildman–Crippen MR) is 59.5 cm³/mol. The summed E-state index contributed by atoms with van der Waals surface area (Å²) in [6, 6.07) is 10.3. The number of aliphatic hydroxyl groups excluding tert-OH is 1. The Labute approximate surface area is 88.1 Å². The number of rotatable bonds is 0. The Bertz CT molecular complexity index is 503. The highest BCUT2D eigenvalue weighted by molar-refractivity contribution is 5.81. The minimum Gasteiger partial charge on any atom is -0.391 e. The van der Waals surface area contributed by atoms with Crippen LogP contribution in [0.4, 0.5) is 0 Å². The maximum absolute atomic E-state index is 9.70. The third-order valence-electron chi connectivity index (χ3n) is 3.14. The average Bonchev–Trinajstić information content (AvgIpc) is 2.57. The van der Waals surface area contributed by atoms with Gasteiger partial charge >= 0.3 is 0 Å². The summed E-state index contributed by atoms with van der Waals surface area (Å²) in [5.41, 5.74) is 8.33. The summed E-state index contributed by atoms with van der Waals surface area (Å²) in [6.07, 6.45) is 0.347. The van der Waals surface area contributed by atoms with Crippen LogP contribution in [0.25, 0.3) is 10.9 Å². The zero-order valence-corrected chi connectivity index (χ0v) is 8.43. The molecule has 78 valence electrons. The van der Waals surface area contributed by atoms with Gasteiger partial charge in [-0.1, -0.05) is 18.2 Å². The summed E-state index contributed by atoms with van der Waals surface area (Å²) in [5, 5.41) is 10.9. The molecule has 3 rings (SSSR count). The zero-order chi connectivity index (χ0) is 10.4. The van der Waals surface area contributed by atoms with Crippen molar-refractivity contribution in [3.05, 3.63) is 36.0 Å². The lowest BCUT2D eigenvalue weighted by Gasteiger charge is -2.26. The second-order valence-corrected chi connectivity index (χ2v) is 4.23. The van der Waals surface area contributed by atoms with Gasteiger partial charge in [-0.25, -0.2) is 0 Å². The number of para-hydroxylation sites is 1. The van der Waals surface area contributed by atoms with E-state index >= 15 is 0 Å². The number of nitrogens with two attached hydrogens (primary N) is 1. The molecule has 15 heavy (non-hydrogen) atoms. The fraction of sp³-hybridized carbons (Fsp3) is 0.333. The van der Waals surface area contributed by atoms with Gasteiger partial charge in [0.1, 0.15) is 0 Å². The van der Waals surface area contributed by atoms with Crippen molar-refractivity contribution in [2.24, 2.45) is 5.73 Å². The van der Waals surface area contributed by atoms with E-state index in [1.54, 1.807) is 0 Å². The van der Waals surface area contributed by atoms with Crippen LogP contribution in [-0.4, -0.2) is 15.8 Å². The SMILES string of the molecule is N[C@@H]1C[C@H](O)Cn2c1cc1ccccc12. The summed E-state index contributed by atoms with van der Waals surface area (Å²) in [4.78, 5) is 0. The largest absolute Gasteiger partial charge is 0.391 e. The minimum atomic E-state index is -0.316. The van der Waals surface area contributed by atoms with Crippen LogP contribution in [-0.2, 0) is 6.54 Å². The first-order valence-electron chi connectivity index (χ1n) is 5.27. The highest BCUT2D eigenvalue weighted by Crippen LogP contribution is 2.29. The summed E-state index contributed by atoms with van der Waals surface area (Å²) in [5.74, 6) is 0. The maximum Gasteiger partial charge on any atom is 0.0737 e. The molecule has 0 spiro atoms. The van der Waals surface area contributed by atoms with E-state index in [1.165, 1.54) is 10.9 Å².